The topological polar surface area (TPSA) is 48.4 Å². The van der Waals surface area contributed by atoms with Gasteiger partial charge in [0.2, 0.25) is 0 Å². The van der Waals surface area contributed by atoms with Crippen molar-refractivity contribution < 1.29 is 14.3 Å². The van der Waals surface area contributed by atoms with Gasteiger partial charge in [-0.25, -0.2) is 0 Å². The zero-order valence-electron chi connectivity index (χ0n) is 6.69. The molecule has 0 fully saturated rings. The highest BCUT2D eigenvalue weighted by Crippen LogP contribution is 2.13. The molecule has 0 atom stereocenters. The first-order valence-corrected chi connectivity index (χ1v) is 3.39. The van der Waals surface area contributed by atoms with Crippen LogP contribution in [-0.2, 0) is 4.74 Å². The quantitative estimate of drug-likeness (QED) is 0.493. The molecule has 0 aliphatic heterocycles. The lowest BCUT2D eigenvalue weighted by atomic mass is 10.3. The molecule has 0 spiro atoms. The van der Waals surface area contributed by atoms with Crippen LogP contribution in [-0.4, -0.2) is 25.2 Å². The van der Waals surface area contributed by atoms with E-state index in [-0.39, 0.29) is 6.79 Å². The molecule has 64 valence electrons. The molecule has 12 heavy (non-hydrogen) atoms. The van der Waals surface area contributed by atoms with Gasteiger partial charge in [0.1, 0.15) is 0 Å². The number of hydrogen-bond donors (Lipinski definition) is 0. The van der Waals surface area contributed by atoms with E-state index in [0.29, 0.717) is 17.6 Å². The Balaban J connectivity index is 2.75. The van der Waals surface area contributed by atoms with Crippen molar-refractivity contribution in [1.29, 1.82) is 0 Å². The third-order valence-corrected chi connectivity index (χ3v) is 1.28. The number of aldehydes is 1. The Morgan fingerprint density at radius 1 is 1.67 bits per heavy atom. The average Bonchev–Trinajstić information content (AvgIpc) is 2.15. The van der Waals surface area contributed by atoms with Crippen LogP contribution < -0.4 is 4.74 Å². The van der Waals surface area contributed by atoms with E-state index in [4.69, 9.17) is 4.74 Å². The van der Waals surface area contributed by atoms with Crippen LogP contribution in [0.25, 0.3) is 0 Å². The minimum Gasteiger partial charge on any atom is -0.465 e. The second-order valence-corrected chi connectivity index (χ2v) is 2.08. The van der Waals surface area contributed by atoms with E-state index in [9.17, 15) is 4.79 Å². The van der Waals surface area contributed by atoms with Gasteiger partial charge in [-0.3, -0.25) is 9.78 Å². The van der Waals surface area contributed by atoms with Crippen LogP contribution in [0.4, 0.5) is 0 Å². The van der Waals surface area contributed by atoms with E-state index in [1.165, 1.54) is 19.5 Å². The van der Waals surface area contributed by atoms with Crippen LogP contribution in [0, 0.1) is 0 Å². The molecule has 0 saturated carbocycles. The summed E-state index contributed by atoms with van der Waals surface area (Å²) in [6.07, 6.45) is 3.72. The summed E-state index contributed by atoms with van der Waals surface area (Å²) in [5.74, 6) is 0.439. The third kappa shape index (κ3) is 2.03. The van der Waals surface area contributed by atoms with Crippen molar-refractivity contribution in [2.24, 2.45) is 0 Å². The Hall–Kier alpha value is -1.42. The standard InChI is InChI=1S/C8H9NO3/c1-11-6-12-8-4-9-3-2-7(8)5-10/h2-5H,6H2,1H3. The van der Waals surface area contributed by atoms with Gasteiger partial charge in [0.05, 0.1) is 11.8 Å². The number of aromatic nitrogens is 1. The van der Waals surface area contributed by atoms with E-state index in [2.05, 4.69) is 9.72 Å². The Kier molecular flexibility index (Phi) is 3.22. The molecule has 0 aliphatic carbocycles. The summed E-state index contributed by atoms with van der Waals surface area (Å²) < 4.78 is 9.74. The highest BCUT2D eigenvalue weighted by Gasteiger charge is 2.00. The Labute approximate surface area is 70.1 Å². The molecule has 0 unspecified atom stereocenters. The summed E-state index contributed by atoms with van der Waals surface area (Å²) in [6.45, 7) is 0.118. The van der Waals surface area contributed by atoms with Gasteiger partial charge in [-0.2, -0.15) is 0 Å². The van der Waals surface area contributed by atoms with Gasteiger partial charge in [0, 0.05) is 13.3 Å². The maximum Gasteiger partial charge on any atom is 0.188 e. The van der Waals surface area contributed by atoms with Crippen LogP contribution in [0.15, 0.2) is 18.5 Å². The minimum atomic E-state index is 0.118. The number of ether oxygens (including phenoxy) is 2. The van der Waals surface area contributed by atoms with E-state index in [1.807, 2.05) is 0 Å². The van der Waals surface area contributed by atoms with Crippen molar-refractivity contribution in [3.63, 3.8) is 0 Å². The molecule has 4 nitrogen and oxygen atoms in total. The zero-order valence-corrected chi connectivity index (χ0v) is 6.69. The molecule has 1 rings (SSSR count). The number of nitrogens with zero attached hydrogens (tertiary/aromatic N) is 1. The highest BCUT2D eigenvalue weighted by molar-refractivity contribution is 5.78. The number of carbonyl (C=O) groups excluding carboxylic acids is 1. The molecule has 0 amide bonds. The SMILES string of the molecule is COCOc1cnccc1C=O. The third-order valence-electron chi connectivity index (χ3n) is 1.28. The van der Waals surface area contributed by atoms with Gasteiger partial charge < -0.3 is 9.47 Å². The molecule has 4 heteroatoms. The van der Waals surface area contributed by atoms with Crippen LogP contribution in [0.2, 0.25) is 0 Å². The van der Waals surface area contributed by atoms with E-state index >= 15 is 0 Å². The monoisotopic (exact) mass is 167 g/mol. The van der Waals surface area contributed by atoms with Crippen LogP contribution in [0.3, 0.4) is 0 Å². The highest BCUT2D eigenvalue weighted by atomic mass is 16.7. The van der Waals surface area contributed by atoms with Gasteiger partial charge in [-0.1, -0.05) is 0 Å². The lowest BCUT2D eigenvalue weighted by Crippen LogP contribution is -2.01. The first kappa shape index (κ1) is 8.67. The number of hydrogen-bond acceptors (Lipinski definition) is 4. The fraction of sp³-hybridized carbons (Fsp3) is 0.250. The van der Waals surface area contributed by atoms with Crippen LogP contribution >= 0.6 is 0 Å². The molecule has 0 saturated heterocycles. The van der Waals surface area contributed by atoms with Gasteiger partial charge >= 0.3 is 0 Å². The van der Waals surface area contributed by atoms with Crippen molar-refractivity contribution in [3.8, 4) is 5.75 Å². The fourth-order valence-electron chi connectivity index (χ4n) is 0.731. The van der Waals surface area contributed by atoms with Crippen molar-refractivity contribution in [2.45, 2.75) is 0 Å². The predicted octanol–water partition coefficient (Wildman–Crippen LogP) is 0.877. The van der Waals surface area contributed by atoms with E-state index < -0.39 is 0 Å². The summed E-state index contributed by atoms with van der Waals surface area (Å²) >= 11 is 0. The Morgan fingerprint density at radius 2 is 2.50 bits per heavy atom. The predicted molar refractivity (Wildman–Crippen MR) is 42.1 cm³/mol. The normalized spacial score (nSPS) is 9.42. The maximum atomic E-state index is 10.4. The molecule has 0 bridgehead atoms. The van der Waals surface area contributed by atoms with Gasteiger partial charge in [-0.05, 0) is 6.07 Å². The molecule has 1 aromatic rings. The fourth-order valence-corrected chi connectivity index (χ4v) is 0.731. The van der Waals surface area contributed by atoms with Gasteiger partial charge in [0.25, 0.3) is 0 Å². The van der Waals surface area contributed by atoms with Crippen LogP contribution in [0.1, 0.15) is 10.4 Å². The Bertz CT molecular complexity index is 262. The number of rotatable bonds is 4. The summed E-state index contributed by atoms with van der Waals surface area (Å²) in [7, 11) is 1.51. The second-order valence-electron chi connectivity index (χ2n) is 2.08. The molecular weight excluding hydrogens is 158 g/mol. The first-order valence-electron chi connectivity index (χ1n) is 3.39. The lowest BCUT2D eigenvalue weighted by molar-refractivity contribution is 0.0503. The van der Waals surface area contributed by atoms with Crippen molar-refractivity contribution in [3.05, 3.63) is 24.0 Å². The molecule has 1 heterocycles. The molecular formula is C8H9NO3. The number of carbonyl (C=O) groups is 1. The zero-order chi connectivity index (χ0) is 8.81. The molecule has 0 radical (unpaired) electrons. The summed E-state index contributed by atoms with van der Waals surface area (Å²) in [4.78, 5) is 14.2. The second kappa shape index (κ2) is 4.46. The van der Waals surface area contributed by atoms with Crippen molar-refractivity contribution in [2.75, 3.05) is 13.9 Å². The number of pyridine rings is 1. The minimum absolute atomic E-state index is 0.118. The Morgan fingerprint density at radius 3 is 3.17 bits per heavy atom. The molecule has 0 aliphatic rings. The van der Waals surface area contributed by atoms with Crippen LogP contribution in [0.5, 0.6) is 5.75 Å². The largest absolute Gasteiger partial charge is 0.465 e. The molecule has 0 aromatic carbocycles. The molecule has 0 N–H and O–H groups in total. The summed E-state index contributed by atoms with van der Waals surface area (Å²) in [6, 6.07) is 1.58. The summed E-state index contributed by atoms with van der Waals surface area (Å²) in [5.41, 5.74) is 0.474. The average molecular weight is 167 g/mol. The van der Waals surface area contributed by atoms with Gasteiger partial charge in [0.15, 0.2) is 18.8 Å². The number of methoxy groups -OCH3 is 1. The summed E-state index contributed by atoms with van der Waals surface area (Å²) in [5, 5.41) is 0. The van der Waals surface area contributed by atoms with Crippen molar-refractivity contribution in [1.82, 2.24) is 4.98 Å². The van der Waals surface area contributed by atoms with Gasteiger partial charge in [-0.15, -0.1) is 0 Å². The molecule has 1 aromatic heterocycles. The van der Waals surface area contributed by atoms with Crippen molar-refractivity contribution >= 4 is 6.29 Å². The van der Waals surface area contributed by atoms with E-state index in [1.54, 1.807) is 6.07 Å². The smallest absolute Gasteiger partial charge is 0.188 e. The maximum absolute atomic E-state index is 10.4. The van der Waals surface area contributed by atoms with E-state index in [0.717, 1.165) is 0 Å². The lowest BCUT2D eigenvalue weighted by Gasteiger charge is -2.04. The first-order chi connectivity index (χ1) is 5.88.